The predicted octanol–water partition coefficient (Wildman–Crippen LogP) is -6.32. The first kappa shape index (κ1) is 21.4. The van der Waals surface area contributed by atoms with E-state index < -0.39 is 73.9 Å². The number of hydrogen-bond donors (Lipinski definition) is 10. The molecule has 14 heteroatoms. The van der Waals surface area contributed by atoms with E-state index in [0.717, 1.165) is 0 Å². The first-order valence-corrected chi connectivity index (χ1v) is 7.55. The van der Waals surface area contributed by atoms with Crippen molar-refractivity contribution in [1.82, 2.24) is 0 Å². The Hall–Kier alpha value is -0.880. The molecule has 2 rings (SSSR count). The van der Waals surface area contributed by atoms with Crippen LogP contribution in [0.4, 0.5) is 0 Å². The Balaban J connectivity index is 2.28. The molecule has 0 spiro atoms. The summed E-state index contributed by atoms with van der Waals surface area (Å²) in [6.07, 6.45) is -15.3. The Morgan fingerprint density at radius 2 is 0.923 bits per heavy atom. The second kappa shape index (κ2) is 7.63. The molecule has 26 heavy (non-hydrogen) atoms. The van der Waals surface area contributed by atoms with Gasteiger partial charge in [-0.2, -0.15) is 0 Å². The molecule has 152 valence electrons. The van der Waals surface area contributed by atoms with Crippen molar-refractivity contribution in [3.05, 3.63) is 0 Å². The molecule has 2 unspecified atom stereocenters. The highest BCUT2D eigenvalue weighted by Crippen LogP contribution is 2.33. The lowest BCUT2D eigenvalue weighted by Gasteiger charge is -2.44. The monoisotopic (exact) mass is 386 g/mol. The lowest BCUT2D eigenvalue weighted by atomic mass is 9.96. The van der Waals surface area contributed by atoms with Crippen molar-refractivity contribution in [1.29, 1.82) is 0 Å². The fraction of sp³-hybridized carbons (Fsp3) is 1.00. The highest BCUT2D eigenvalue weighted by atomic mass is 16.7. The van der Waals surface area contributed by atoms with Crippen molar-refractivity contribution in [3.63, 3.8) is 0 Å². The third-order valence-electron chi connectivity index (χ3n) is 4.23. The molecule has 0 aromatic carbocycles. The van der Waals surface area contributed by atoms with E-state index >= 15 is 0 Å². The summed E-state index contributed by atoms with van der Waals surface area (Å²) in [6.45, 7) is -1.77. The molecule has 0 aromatic heterocycles. The Labute approximate surface area is 145 Å². The SMILES string of the molecule is OC[C@H]1OC(O)(/N=N/C2(O)O[C@H](CO)[C@@H](O)[C@H](O)[C@H]2O)[C@H](O)[C@@H](O)[C@@H]1O. The molecule has 2 fully saturated rings. The molecule has 0 radical (unpaired) electrons. The van der Waals surface area contributed by atoms with E-state index in [4.69, 9.17) is 19.7 Å². The summed E-state index contributed by atoms with van der Waals surface area (Å²) >= 11 is 0. The van der Waals surface area contributed by atoms with Crippen LogP contribution in [-0.2, 0) is 9.47 Å². The van der Waals surface area contributed by atoms with Gasteiger partial charge in [-0.15, -0.1) is 10.2 Å². The smallest absolute Gasteiger partial charge is 0.315 e. The van der Waals surface area contributed by atoms with Gasteiger partial charge in [0.1, 0.15) is 36.6 Å². The zero-order valence-corrected chi connectivity index (χ0v) is 13.2. The van der Waals surface area contributed by atoms with Gasteiger partial charge in [-0.05, 0) is 0 Å². The fourth-order valence-corrected chi connectivity index (χ4v) is 2.58. The molecule has 2 aliphatic heterocycles. The van der Waals surface area contributed by atoms with Crippen LogP contribution in [0.5, 0.6) is 0 Å². The highest BCUT2D eigenvalue weighted by Gasteiger charge is 2.57. The minimum Gasteiger partial charge on any atom is -0.394 e. The minimum atomic E-state index is -3.07. The van der Waals surface area contributed by atoms with E-state index in [0.29, 0.717) is 0 Å². The Kier molecular flexibility index (Phi) is 6.28. The molecule has 10 atom stereocenters. The van der Waals surface area contributed by atoms with Gasteiger partial charge in [-0.25, -0.2) is 0 Å². The molecule has 0 aromatic rings. The molecule has 0 aliphatic carbocycles. The lowest BCUT2D eigenvalue weighted by Crippen LogP contribution is -2.66. The second-order valence-electron chi connectivity index (χ2n) is 6.05. The van der Waals surface area contributed by atoms with E-state index in [1.54, 1.807) is 0 Å². The van der Waals surface area contributed by atoms with Gasteiger partial charge in [-0.1, -0.05) is 0 Å². The molecule has 2 saturated heterocycles. The highest BCUT2D eigenvalue weighted by molar-refractivity contribution is 4.97. The quantitative estimate of drug-likeness (QED) is 0.203. The van der Waals surface area contributed by atoms with E-state index in [1.165, 1.54) is 0 Å². The molecular weight excluding hydrogens is 364 g/mol. The second-order valence-corrected chi connectivity index (χ2v) is 6.05. The van der Waals surface area contributed by atoms with Gasteiger partial charge in [0, 0.05) is 0 Å². The predicted molar refractivity (Wildman–Crippen MR) is 74.7 cm³/mol. The van der Waals surface area contributed by atoms with Crippen molar-refractivity contribution < 1.29 is 60.5 Å². The third kappa shape index (κ3) is 3.59. The Morgan fingerprint density at radius 1 is 0.615 bits per heavy atom. The van der Waals surface area contributed by atoms with Crippen LogP contribution in [0.15, 0.2) is 10.2 Å². The zero-order valence-electron chi connectivity index (χ0n) is 13.2. The standard InChI is InChI=1S/C12H22N2O12/c15-1-3-5(17)7(19)9(21)11(23,25-3)13-14-12(24)10(22)8(20)6(18)4(2-16)26-12/h3-10,15-24H,1-2H2/b14-13+/t3-,4-,5-,6-,7+,8+,9-,10-,11?,12?/m1/s1. The molecule has 0 saturated carbocycles. The van der Waals surface area contributed by atoms with Crippen LogP contribution in [0, 0.1) is 0 Å². The summed E-state index contributed by atoms with van der Waals surface area (Å²) in [7, 11) is 0. The van der Waals surface area contributed by atoms with Gasteiger partial charge in [0.15, 0.2) is 12.2 Å². The van der Waals surface area contributed by atoms with Gasteiger partial charge < -0.3 is 60.5 Å². The fourth-order valence-electron chi connectivity index (χ4n) is 2.58. The summed E-state index contributed by atoms with van der Waals surface area (Å²) in [5.41, 5.74) is 0. The van der Waals surface area contributed by atoms with Gasteiger partial charge >= 0.3 is 11.8 Å². The van der Waals surface area contributed by atoms with Gasteiger partial charge in [0.25, 0.3) is 0 Å². The van der Waals surface area contributed by atoms with Crippen LogP contribution in [0.3, 0.4) is 0 Å². The van der Waals surface area contributed by atoms with Crippen molar-refractivity contribution >= 4 is 0 Å². The summed E-state index contributed by atoms with van der Waals surface area (Å²) in [6, 6.07) is 0. The van der Waals surface area contributed by atoms with E-state index in [1.807, 2.05) is 0 Å². The van der Waals surface area contributed by atoms with Crippen LogP contribution in [0.2, 0.25) is 0 Å². The lowest BCUT2D eigenvalue weighted by molar-refractivity contribution is -0.365. The number of ether oxygens (including phenoxy) is 2. The normalized spacial score (nSPS) is 53.2. The number of hydrogen-bond acceptors (Lipinski definition) is 14. The Bertz CT molecular complexity index is 476. The average Bonchev–Trinajstić information content (AvgIpc) is 2.63. The molecule has 2 aliphatic rings. The number of aliphatic hydroxyl groups excluding tert-OH is 8. The van der Waals surface area contributed by atoms with E-state index in [-0.39, 0.29) is 0 Å². The number of aliphatic hydroxyl groups is 10. The summed E-state index contributed by atoms with van der Waals surface area (Å²) in [4.78, 5) is 0. The van der Waals surface area contributed by atoms with Crippen molar-refractivity contribution in [2.75, 3.05) is 13.2 Å². The number of azo groups is 1. The van der Waals surface area contributed by atoms with Gasteiger partial charge in [0.05, 0.1) is 13.2 Å². The van der Waals surface area contributed by atoms with Gasteiger partial charge in [-0.3, -0.25) is 0 Å². The third-order valence-corrected chi connectivity index (χ3v) is 4.23. The maximum atomic E-state index is 10.2. The molecule has 0 amide bonds. The van der Waals surface area contributed by atoms with Crippen LogP contribution < -0.4 is 0 Å². The molecule has 10 N–H and O–H groups in total. The summed E-state index contributed by atoms with van der Waals surface area (Å²) in [5.74, 6) is -6.14. The first-order valence-electron chi connectivity index (χ1n) is 7.55. The van der Waals surface area contributed by atoms with Crippen LogP contribution in [0.25, 0.3) is 0 Å². The molecule has 14 nitrogen and oxygen atoms in total. The maximum Gasteiger partial charge on any atom is 0.315 e. The Morgan fingerprint density at radius 3 is 1.19 bits per heavy atom. The first-order chi connectivity index (χ1) is 12.0. The van der Waals surface area contributed by atoms with Crippen LogP contribution in [0.1, 0.15) is 0 Å². The average molecular weight is 386 g/mol. The summed E-state index contributed by atoms with van der Waals surface area (Å²) < 4.78 is 9.53. The van der Waals surface area contributed by atoms with Gasteiger partial charge in [0.2, 0.25) is 0 Å². The minimum absolute atomic E-state index is 0.885. The zero-order chi connectivity index (χ0) is 19.9. The van der Waals surface area contributed by atoms with E-state index in [9.17, 15) is 40.9 Å². The largest absolute Gasteiger partial charge is 0.394 e. The van der Waals surface area contributed by atoms with Crippen molar-refractivity contribution in [2.45, 2.75) is 60.7 Å². The van der Waals surface area contributed by atoms with Crippen LogP contribution in [-0.4, -0.2) is 125 Å². The maximum absolute atomic E-state index is 10.2. The van der Waals surface area contributed by atoms with Crippen molar-refractivity contribution in [3.8, 4) is 0 Å². The van der Waals surface area contributed by atoms with Crippen LogP contribution >= 0.6 is 0 Å². The molecule has 0 bridgehead atoms. The molecular formula is C12H22N2O12. The number of rotatable bonds is 4. The van der Waals surface area contributed by atoms with E-state index in [2.05, 4.69) is 10.2 Å². The topological polar surface area (TPSA) is 245 Å². The van der Waals surface area contributed by atoms with Crippen molar-refractivity contribution in [2.24, 2.45) is 10.2 Å². The number of nitrogens with zero attached hydrogens (tertiary/aromatic N) is 2. The molecule has 2 heterocycles. The summed E-state index contributed by atoms with van der Waals surface area (Å²) in [5, 5.41) is 103.